The van der Waals surface area contributed by atoms with E-state index in [0.29, 0.717) is 22.1 Å². The Morgan fingerprint density at radius 3 is 2.53 bits per heavy atom. The molecule has 7 heteroatoms. The van der Waals surface area contributed by atoms with Gasteiger partial charge in [0.25, 0.3) is 0 Å². The van der Waals surface area contributed by atoms with Gasteiger partial charge in [-0.2, -0.15) is 5.10 Å². The summed E-state index contributed by atoms with van der Waals surface area (Å²) in [6, 6.07) is 3.43. The highest BCUT2D eigenvalue weighted by molar-refractivity contribution is 6.34. The average molecular weight is 257 g/mol. The molecule has 0 aliphatic carbocycles. The zero-order valence-corrected chi connectivity index (χ0v) is 10.2. The van der Waals surface area contributed by atoms with Crippen molar-refractivity contribution in [3.63, 3.8) is 0 Å². The standard InChI is InChI=1S/C10H13ClN4O2/c1-16-7-4-3-6(5-14-15-10(12)13)8(11)9(7)17-2/h3-5H,1-2H3,(H4,12,13,15)/b14-5-. The van der Waals surface area contributed by atoms with Gasteiger partial charge < -0.3 is 20.9 Å². The lowest BCUT2D eigenvalue weighted by atomic mass is 10.2. The van der Waals surface area contributed by atoms with Crippen molar-refractivity contribution >= 4 is 23.8 Å². The normalized spacial score (nSPS) is 10.3. The molecule has 17 heavy (non-hydrogen) atoms. The highest BCUT2D eigenvalue weighted by Crippen LogP contribution is 2.36. The highest BCUT2D eigenvalue weighted by Gasteiger charge is 2.11. The summed E-state index contributed by atoms with van der Waals surface area (Å²) in [6.07, 6.45) is 1.42. The van der Waals surface area contributed by atoms with Crippen LogP contribution in [0.4, 0.5) is 0 Å². The SMILES string of the molecule is COc1ccc(/C=N\N=C(N)N)c(Cl)c1OC. The number of ether oxygens (including phenoxy) is 2. The molecule has 0 aliphatic rings. The van der Waals surface area contributed by atoms with Crippen LogP contribution in [0, 0.1) is 0 Å². The Kier molecular flexibility index (Phi) is 4.59. The third-order valence-corrected chi connectivity index (χ3v) is 2.27. The molecule has 0 aliphatic heterocycles. The number of benzene rings is 1. The van der Waals surface area contributed by atoms with Gasteiger partial charge in [-0.25, -0.2) is 0 Å². The molecule has 1 rings (SSSR count). The number of nitrogens with zero attached hydrogens (tertiary/aromatic N) is 2. The minimum atomic E-state index is -0.127. The molecule has 0 spiro atoms. The van der Waals surface area contributed by atoms with Gasteiger partial charge in [-0.05, 0) is 12.1 Å². The second-order valence-corrected chi connectivity index (χ2v) is 3.35. The van der Waals surface area contributed by atoms with Crippen molar-refractivity contribution in [1.82, 2.24) is 0 Å². The molecule has 1 aromatic rings. The maximum absolute atomic E-state index is 6.10. The maximum atomic E-state index is 6.10. The van der Waals surface area contributed by atoms with Crippen LogP contribution in [0.25, 0.3) is 0 Å². The molecule has 0 saturated carbocycles. The molecule has 1 aromatic carbocycles. The zero-order valence-electron chi connectivity index (χ0n) is 9.48. The minimum Gasteiger partial charge on any atom is -0.493 e. The molecule has 0 atom stereocenters. The summed E-state index contributed by atoms with van der Waals surface area (Å²) in [6.45, 7) is 0. The van der Waals surface area contributed by atoms with Gasteiger partial charge in [0.1, 0.15) is 0 Å². The van der Waals surface area contributed by atoms with E-state index in [0.717, 1.165) is 0 Å². The first-order chi connectivity index (χ1) is 8.10. The molecular weight excluding hydrogens is 244 g/mol. The van der Waals surface area contributed by atoms with Crippen LogP contribution in [0.5, 0.6) is 11.5 Å². The molecule has 0 heterocycles. The molecule has 0 bridgehead atoms. The summed E-state index contributed by atoms with van der Waals surface area (Å²) in [4.78, 5) is 0. The number of guanidine groups is 1. The molecule has 0 radical (unpaired) electrons. The van der Waals surface area contributed by atoms with E-state index in [9.17, 15) is 0 Å². The molecule has 0 fully saturated rings. The van der Waals surface area contributed by atoms with Crippen LogP contribution < -0.4 is 20.9 Å². The lowest BCUT2D eigenvalue weighted by Gasteiger charge is -2.10. The average Bonchev–Trinajstić information content (AvgIpc) is 2.30. The minimum absolute atomic E-state index is 0.127. The molecule has 0 unspecified atom stereocenters. The van der Waals surface area contributed by atoms with E-state index in [1.54, 1.807) is 12.1 Å². The maximum Gasteiger partial charge on any atom is 0.211 e. The first-order valence-electron chi connectivity index (χ1n) is 4.62. The largest absolute Gasteiger partial charge is 0.493 e. The van der Waals surface area contributed by atoms with Gasteiger partial charge in [-0.15, -0.1) is 5.10 Å². The van der Waals surface area contributed by atoms with Crippen LogP contribution in [-0.2, 0) is 0 Å². The Hall–Kier alpha value is -1.95. The van der Waals surface area contributed by atoms with Crippen molar-refractivity contribution in [2.45, 2.75) is 0 Å². The third kappa shape index (κ3) is 3.25. The van der Waals surface area contributed by atoms with E-state index < -0.39 is 0 Å². The Labute approximate surface area is 104 Å². The first-order valence-corrected chi connectivity index (χ1v) is 5.00. The Morgan fingerprint density at radius 2 is 2.00 bits per heavy atom. The Morgan fingerprint density at radius 1 is 1.29 bits per heavy atom. The quantitative estimate of drug-likeness (QED) is 0.477. The lowest BCUT2D eigenvalue weighted by molar-refractivity contribution is 0.355. The van der Waals surface area contributed by atoms with Gasteiger partial charge in [0.2, 0.25) is 5.96 Å². The smallest absolute Gasteiger partial charge is 0.211 e. The van der Waals surface area contributed by atoms with E-state index in [1.807, 2.05) is 0 Å². The fraction of sp³-hybridized carbons (Fsp3) is 0.200. The topological polar surface area (TPSA) is 95.2 Å². The summed E-state index contributed by atoms with van der Waals surface area (Å²) < 4.78 is 10.2. The number of nitrogens with two attached hydrogens (primary N) is 2. The summed E-state index contributed by atoms with van der Waals surface area (Å²) in [5.74, 6) is 0.845. The van der Waals surface area contributed by atoms with Crippen molar-refractivity contribution in [2.75, 3.05) is 14.2 Å². The second-order valence-electron chi connectivity index (χ2n) is 2.97. The van der Waals surface area contributed by atoms with Gasteiger partial charge in [0.05, 0.1) is 25.5 Å². The summed E-state index contributed by atoms with van der Waals surface area (Å²) in [5.41, 5.74) is 10.9. The Bertz CT molecular complexity index is 456. The van der Waals surface area contributed by atoms with Crippen LogP contribution in [0.1, 0.15) is 5.56 Å². The molecule has 0 amide bonds. The van der Waals surface area contributed by atoms with Gasteiger partial charge in [-0.1, -0.05) is 11.6 Å². The fourth-order valence-corrected chi connectivity index (χ4v) is 1.44. The summed E-state index contributed by atoms with van der Waals surface area (Å²) in [5, 5.41) is 7.51. The van der Waals surface area contributed by atoms with Crippen LogP contribution in [-0.4, -0.2) is 26.4 Å². The van der Waals surface area contributed by atoms with Gasteiger partial charge in [-0.3, -0.25) is 0 Å². The number of methoxy groups -OCH3 is 2. The van der Waals surface area contributed by atoms with Crippen LogP contribution >= 0.6 is 11.6 Å². The molecule has 92 valence electrons. The van der Waals surface area contributed by atoms with Gasteiger partial charge in [0.15, 0.2) is 11.5 Å². The zero-order chi connectivity index (χ0) is 12.8. The third-order valence-electron chi connectivity index (χ3n) is 1.88. The van der Waals surface area contributed by atoms with Crippen LogP contribution in [0.15, 0.2) is 22.3 Å². The predicted octanol–water partition coefficient (Wildman–Crippen LogP) is 0.965. The summed E-state index contributed by atoms with van der Waals surface area (Å²) in [7, 11) is 3.03. The van der Waals surface area contributed by atoms with Gasteiger partial charge in [0, 0.05) is 5.56 Å². The molecular formula is C10H13ClN4O2. The van der Waals surface area contributed by atoms with E-state index in [1.165, 1.54) is 20.4 Å². The Balaban J connectivity index is 3.11. The number of hydrogen-bond acceptors (Lipinski definition) is 4. The van der Waals surface area contributed by atoms with Crippen molar-refractivity contribution in [3.05, 3.63) is 22.7 Å². The van der Waals surface area contributed by atoms with E-state index in [2.05, 4.69) is 10.2 Å². The summed E-state index contributed by atoms with van der Waals surface area (Å²) >= 11 is 6.10. The van der Waals surface area contributed by atoms with E-state index in [-0.39, 0.29) is 5.96 Å². The molecule has 0 aromatic heterocycles. The van der Waals surface area contributed by atoms with Crippen molar-refractivity contribution in [3.8, 4) is 11.5 Å². The van der Waals surface area contributed by atoms with Crippen molar-refractivity contribution in [2.24, 2.45) is 21.7 Å². The fourth-order valence-electron chi connectivity index (χ4n) is 1.16. The van der Waals surface area contributed by atoms with Crippen LogP contribution in [0.2, 0.25) is 5.02 Å². The number of hydrogen-bond donors (Lipinski definition) is 2. The lowest BCUT2D eigenvalue weighted by Crippen LogP contribution is -2.21. The van der Waals surface area contributed by atoms with E-state index in [4.69, 9.17) is 32.5 Å². The highest BCUT2D eigenvalue weighted by atomic mass is 35.5. The number of rotatable bonds is 4. The predicted molar refractivity (Wildman–Crippen MR) is 68.0 cm³/mol. The molecule has 4 N–H and O–H groups in total. The van der Waals surface area contributed by atoms with Crippen molar-refractivity contribution in [1.29, 1.82) is 0 Å². The van der Waals surface area contributed by atoms with Crippen molar-refractivity contribution < 1.29 is 9.47 Å². The van der Waals surface area contributed by atoms with Crippen LogP contribution in [0.3, 0.4) is 0 Å². The molecule has 6 nitrogen and oxygen atoms in total. The van der Waals surface area contributed by atoms with Gasteiger partial charge >= 0.3 is 0 Å². The number of halogens is 1. The molecule has 0 saturated heterocycles. The first kappa shape index (κ1) is 13.1. The monoisotopic (exact) mass is 256 g/mol. The second kappa shape index (κ2) is 5.95. The van der Waals surface area contributed by atoms with E-state index >= 15 is 0 Å².